The van der Waals surface area contributed by atoms with E-state index in [0.29, 0.717) is 24.0 Å². The van der Waals surface area contributed by atoms with Gasteiger partial charge < -0.3 is 14.9 Å². The molecule has 35 heavy (non-hydrogen) atoms. The summed E-state index contributed by atoms with van der Waals surface area (Å²) in [5, 5.41) is 20.5. The predicted octanol–water partition coefficient (Wildman–Crippen LogP) is 3.94. The number of fused-ring (bicyclic) bond motifs is 1. The first-order valence-electron chi connectivity index (χ1n) is 11.7. The molecule has 2 aromatic carbocycles. The van der Waals surface area contributed by atoms with Crippen LogP contribution in [-0.2, 0) is 9.53 Å². The molecule has 2 aliphatic rings. The van der Waals surface area contributed by atoms with Crippen molar-refractivity contribution in [3.05, 3.63) is 89.5 Å². The van der Waals surface area contributed by atoms with E-state index >= 15 is 0 Å². The SMILES string of the molecule is COC1(CCC(O)C(CCN2C(=O)c3ccccc3C2=O)C(=O)O)C=CC(c2ccccc2)=CC1. The Morgan fingerprint density at radius 2 is 1.66 bits per heavy atom. The van der Waals surface area contributed by atoms with E-state index in [9.17, 15) is 24.6 Å². The van der Waals surface area contributed by atoms with E-state index in [0.717, 1.165) is 16.0 Å². The first-order valence-corrected chi connectivity index (χ1v) is 11.7. The Morgan fingerprint density at radius 1 is 1.03 bits per heavy atom. The van der Waals surface area contributed by atoms with E-state index in [2.05, 4.69) is 6.08 Å². The van der Waals surface area contributed by atoms with Gasteiger partial charge >= 0.3 is 5.97 Å². The zero-order valence-electron chi connectivity index (χ0n) is 19.6. The van der Waals surface area contributed by atoms with Crippen LogP contribution in [0.2, 0.25) is 0 Å². The van der Waals surface area contributed by atoms with E-state index in [4.69, 9.17) is 4.74 Å². The average molecular weight is 476 g/mol. The lowest BCUT2D eigenvalue weighted by molar-refractivity contribution is -0.146. The summed E-state index contributed by atoms with van der Waals surface area (Å²) in [7, 11) is 1.61. The normalized spacial score (nSPS) is 21.0. The molecule has 2 N–H and O–H groups in total. The third kappa shape index (κ3) is 5.11. The third-order valence-electron chi connectivity index (χ3n) is 6.93. The number of hydrogen-bond donors (Lipinski definition) is 2. The number of aliphatic hydroxyl groups excluding tert-OH is 1. The maximum Gasteiger partial charge on any atom is 0.309 e. The number of aliphatic carboxylic acids is 1. The molecule has 3 atom stereocenters. The molecule has 1 aliphatic carbocycles. The molecule has 0 fully saturated rings. The van der Waals surface area contributed by atoms with Crippen molar-refractivity contribution >= 4 is 23.4 Å². The van der Waals surface area contributed by atoms with Gasteiger partial charge in [0.15, 0.2) is 0 Å². The van der Waals surface area contributed by atoms with Gasteiger partial charge in [0.25, 0.3) is 11.8 Å². The van der Waals surface area contributed by atoms with Gasteiger partial charge in [0.05, 0.1) is 28.7 Å². The summed E-state index contributed by atoms with van der Waals surface area (Å²) >= 11 is 0. The third-order valence-corrected chi connectivity index (χ3v) is 6.93. The predicted molar refractivity (Wildman–Crippen MR) is 131 cm³/mol. The molecule has 4 rings (SSSR count). The quantitative estimate of drug-likeness (QED) is 0.505. The molecule has 182 valence electrons. The van der Waals surface area contributed by atoms with E-state index < -0.39 is 35.4 Å². The van der Waals surface area contributed by atoms with Crippen LogP contribution < -0.4 is 0 Å². The second kappa shape index (κ2) is 10.4. The standard InChI is InChI=1S/C28H29NO6/c1-35-28(15-11-20(12-16-28)19-7-3-2-4-8-19)17-13-24(30)23(27(33)34)14-18-29-25(31)21-9-5-6-10-22(21)26(29)32/h2-12,15,23-24,30H,13-14,16-18H2,1H3,(H,33,34). The lowest BCUT2D eigenvalue weighted by atomic mass is 9.83. The molecule has 1 heterocycles. The molecule has 0 radical (unpaired) electrons. The Bertz CT molecular complexity index is 1140. The molecular formula is C28H29NO6. The second-order valence-electron chi connectivity index (χ2n) is 8.98. The molecule has 7 heteroatoms. The number of rotatable bonds is 10. The Labute approximate surface area is 204 Å². The molecule has 0 spiro atoms. The lowest BCUT2D eigenvalue weighted by Gasteiger charge is -2.32. The highest BCUT2D eigenvalue weighted by Crippen LogP contribution is 2.34. The van der Waals surface area contributed by atoms with Crippen LogP contribution in [0.3, 0.4) is 0 Å². The van der Waals surface area contributed by atoms with Gasteiger partial charge in [-0.1, -0.05) is 60.7 Å². The number of imide groups is 1. The largest absolute Gasteiger partial charge is 0.481 e. The number of carbonyl (C=O) groups is 3. The molecule has 2 amide bonds. The van der Waals surface area contributed by atoms with Crippen LogP contribution in [0.1, 0.15) is 52.0 Å². The van der Waals surface area contributed by atoms with Crippen molar-refractivity contribution in [2.45, 2.75) is 37.4 Å². The van der Waals surface area contributed by atoms with Gasteiger partial charge in [-0.3, -0.25) is 19.3 Å². The molecular weight excluding hydrogens is 446 g/mol. The minimum atomic E-state index is -1.16. The zero-order valence-corrected chi connectivity index (χ0v) is 19.6. The number of carboxylic acid groups (broad SMARTS) is 1. The van der Waals surface area contributed by atoms with Gasteiger partial charge in [0, 0.05) is 13.7 Å². The maximum atomic E-state index is 12.6. The van der Waals surface area contributed by atoms with Crippen LogP contribution in [0.25, 0.3) is 5.57 Å². The lowest BCUT2D eigenvalue weighted by Crippen LogP contribution is -2.37. The monoisotopic (exact) mass is 475 g/mol. The number of allylic oxidation sites excluding steroid dienone is 2. The van der Waals surface area contributed by atoms with E-state index in [1.165, 1.54) is 0 Å². The van der Waals surface area contributed by atoms with Crippen molar-refractivity contribution in [2.24, 2.45) is 5.92 Å². The molecule has 0 saturated carbocycles. The summed E-state index contributed by atoms with van der Waals surface area (Å²) in [6.45, 7) is -0.0706. The smallest absolute Gasteiger partial charge is 0.309 e. The zero-order chi connectivity index (χ0) is 25.0. The van der Waals surface area contributed by atoms with Crippen molar-refractivity contribution < 1.29 is 29.3 Å². The number of nitrogens with zero attached hydrogens (tertiary/aromatic N) is 1. The van der Waals surface area contributed by atoms with Gasteiger partial charge in [-0.05, 0) is 49.0 Å². The Balaban J connectivity index is 1.36. The van der Waals surface area contributed by atoms with Crippen LogP contribution in [0.5, 0.6) is 0 Å². The topological polar surface area (TPSA) is 104 Å². The number of carbonyl (C=O) groups excluding carboxylic acids is 2. The number of methoxy groups -OCH3 is 1. The average Bonchev–Trinajstić information content (AvgIpc) is 3.13. The minimum Gasteiger partial charge on any atom is -0.481 e. The summed E-state index contributed by atoms with van der Waals surface area (Å²) in [5.74, 6) is -3.14. The molecule has 0 aromatic heterocycles. The molecule has 0 saturated heterocycles. The Hall–Kier alpha value is -3.55. The highest BCUT2D eigenvalue weighted by Gasteiger charge is 2.37. The number of ether oxygens (including phenoxy) is 1. The Kier molecular flexibility index (Phi) is 7.28. The molecule has 3 unspecified atom stereocenters. The summed E-state index contributed by atoms with van der Waals surface area (Å²) in [6, 6.07) is 16.5. The van der Waals surface area contributed by atoms with E-state index in [1.54, 1.807) is 31.4 Å². The first kappa shape index (κ1) is 24.6. The fourth-order valence-corrected chi connectivity index (χ4v) is 4.73. The van der Waals surface area contributed by atoms with Crippen LogP contribution in [0.4, 0.5) is 0 Å². The number of amides is 2. The minimum absolute atomic E-state index is 0.0319. The Morgan fingerprint density at radius 3 is 2.20 bits per heavy atom. The van der Waals surface area contributed by atoms with E-state index in [-0.39, 0.29) is 19.4 Å². The number of benzene rings is 2. The molecule has 1 aliphatic heterocycles. The van der Waals surface area contributed by atoms with Gasteiger partial charge in [0.2, 0.25) is 0 Å². The van der Waals surface area contributed by atoms with Crippen molar-refractivity contribution in [2.75, 3.05) is 13.7 Å². The van der Waals surface area contributed by atoms with Crippen molar-refractivity contribution in [1.82, 2.24) is 4.90 Å². The van der Waals surface area contributed by atoms with Crippen LogP contribution in [-0.4, -0.2) is 58.3 Å². The fraction of sp³-hybridized carbons (Fsp3) is 0.321. The summed E-state index contributed by atoms with van der Waals surface area (Å²) in [4.78, 5) is 38.1. The van der Waals surface area contributed by atoms with Crippen molar-refractivity contribution in [3.63, 3.8) is 0 Å². The number of aliphatic hydroxyl groups is 1. The molecule has 2 aromatic rings. The fourth-order valence-electron chi connectivity index (χ4n) is 4.73. The van der Waals surface area contributed by atoms with Gasteiger partial charge in [0.1, 0.15) is 0 Å². The molecule has 7 nitrogen and oxygen atoms in total. The summed E-state index contributed by atoms with van der Waals surface area (Å²) in [6.07, 6.45) is 6.09. The highest BCUT2D eigenvalue weighted by atomic mass is 16.5. The maximum absolute atomic E-state index is 12.6. The number of hydrogen-bond acceptors (Lipinski definition) is 5. The number of carboxylic acids is 1. The molecule has 0 bridgehead atoms. The highest BCUT2D eigenvalue weighted by molar-refractivity contribution is 6.21. The first-order chi connectivity index (χ1) is 16.8. The van der Waals surface area contributed by atoms with Crippen LogP contribution in [0.15, 0.2) is 72.8 Å². The van der Waals surface area contributed by atoms with Crippen LogP contribution in [0, 0.1) is 5.92 Å². The van der Waals surface area contributed by atoms with Gasteiger partial charge in [-0.25, -0.2) is 0 Å². The van der Waals surface area contributed by atoms with E-state index in [1.807, 2.05) is 42.5 Å². The van der Waals surface area contributed by atoms with Crippen molar-refractivity contribution in [3.8, 4) is 0 Å². The van der Waals surface area contributed by atoms with Gasteiger partial charge in [-0.15, -0.1) is 0 Å². The summed E-state index contributed by atoms with van der Waals surface area (Å²) < 4.78 is 5.77. The summed E-state index contributed by atoms with van der Waals surface area (Å²) in [5.41, 5.74) is 2.19. The van der Waals surface area contributed by atoms with Crippen LogP contribution >= 0.6 is 0 Å². The van der Waals surface area contributed by atoms with Crippen molar-refractivity contribution in [1.29, 1.82) is 0 Å². The van der Waals surface area contributed by atoms with Gasteiger partial charge in [-0.2, -0.15) is 0 Å². The second-order valence-corrected chi connectivity index (χ2v) is 8.98.